The Morgan fingerprint density at radius 3 is 3.07 bits per heavy atom. The zero-order valence-electron chi connectivity index (χ0n) is 8.53. The first-order valence-corrected chi connectivity index (χ1v) is 5.61. The lowest BCUT2D eigenvalue weighted by Crippen LogP contribution is -2.00. The summed E-state index contributed by atoms with van der Waals surface area (Å²) < 4.78 is 0. The van der Waals surface area contributed by atoms with Crippen LogP contribution in [0.1, 0.15) is 10.4 Å². The van der Waals surface area contributed by atoms with E-state index in [0.29, 0.717) is 0 Å². The molecule has 0 radical (unpaired) electrons. The van der Waals surface area contributed by atoms with Crippen LogP contribution in [0, 0.1) is 6.92 Å². The average molecular weight is 219 g/mol. The number of hydrogen-bond donors (Lipinski definition) is 2. The maximum Gasteiger partial charge on any atom is 0.0794 e. The molecule has 2 aromatic rings. The lowest BCUT2D eigenvalue weighted by molar-refractivity contribution is 1.16. The molecule has 0 atom stereocenters. The van der Waals surface area contributed by atoms with Gasteiger partial charge in [-0.2, -0.15) is 0 Å². The SMILES string of the molecule is Cc1ccc(N)cc1NCc1cncs1. The molecule has 0 aliphatic carbocycles. The van der Waals surface area contributed by atoms with Crippen LogP contribution in [0.3, 0.4) is 0 Å². The van der Waals surface area contributed by atoms with Crippen molar-refractivity contribution in [2.24, 2.45) is 0 Å². The first-order chi connectivity index (χ1) is 7.25. The number of nitrogens with two attached hydrogens (primary N) is 1. The van der Waals surface area contributed by atoms with Crippen molar-refractivity contribution in [1.29, 1.82) is 0 Å². The Kier molecular flexibility index (Phi) is 2.87. The van der Waals surface area contributed by atoms with Crippen LogP contribution in [0.4, 0.5) is 11.4 Å². The van der Waals surface area contributed by atoms with Gasteiger partial charge >= 0.3 is 0 Å². The van der Waals surface area contributed by atoms with E-state index in [9.17, 15) is 0 Å². The second-order valence-corrected chi connectivity index (χ2v) is 4.37. The molecule has 0 spiro atoms. The van der Waals surface area contributed by atoms with Gasteiger partial charge in [-0.15, -0.1) is 11.3 Å². The number of hydrogen-bond acceptors (Lipinski definition) is 4. The van der Waals surface area contributed by atoms with Gasteiger partial charge in [0.05, 0.1) is 12.1 Å². The normalized spacial score (nSPS) is 10.2. The Labute approximate surface area is 93.0 Å². The molecular weight excluding hydrogens is 206 g/mol. The van der Waals surface area contributed by atoms with Gasteiger partial charge in [0.15, 0.2) is 0 Å². The third kappa shape index (κ3) is 2.47. The van der Waals surface area contributed by atoms with Crippen molar-refractivity contribution in [1.82, 2.24) is 4.98 Å². The fourth-order valence-corrected chi connectivity index (χ4v) is 1.88. The van der Waals surface area contributed by atoms with E-state index < -0.39 is 0 Å². The molecule has 0 aliphatic rings. The van der Waals surface area contributed by atoms with E-state index in [0.717, 1.165) is 17.9 Å². The van der Waals surface area contributed by atoms with E-state index in [4.69, 9.17) is 5.73 Å². The predicted molar refractivity (Wildman–Crippen MR) is 65.0 cm³/mol. The standard InChI is InChI=1S/C11H13N3S/c1-8-2-3-9(12)4-11(8)14-6-10-5-13-7-15-10/h2-5,7,14H,6,12H2,1H3. The van der Waals surface area contributed by atoms with Gasteiger partial charge in [0.2, 0.25) is 0 Å². The molecule has 0 fully saturated rings. The molecule has 0 amide bonds. The molecule has 15 heavy (non-hydrogen) atoms. The predicted octanol–water partition coefficient (Wildman–Crippen LogP) is 2.65. The van der Waals surface area contributed by atoms with Gasteiger partial charge < -0.3 is 11.1 Å². The highest BCUT2D eigenvalue weighted by atomic mass is 32.1. The molecular formula is C11H13N3S. The van der Waals surface area contributed by atoms with Crippen LogP contribution in [-0.2, 0) is 6.54 Å². The number of nitrogens with one attached hydrogen (secondary N) is 1. The monoisotopic (exact) mass is 219 g/mol. The second kappa shape index (κ2) is 4.31. The Morgan fingerprint density at radius 2 is 2.33 bits per heavy atom. The summed E-state index contributed by atoms with van der Waals surface area (Å²) in [6, 6.07) is 5.88. The summed E-state index contributed by atoms with van der Waals surface area (Å²) in [5.41, 5.74) is 10.6. The van der Waals surface area contributed by atoms with Crippen molar-refractivity contribution in [2.45, 2.75) is 13.5 Å². The number of benzene rings is 1. The summed E-state index contributed by atoms with van der Waals surface area (Å²) in [6.07, 6.45) is 1.87. The van der Waals surface area contributed by atoms with Gasteiger partial charge in [0.25, 0.3) is 0 Å². The number of aromatic nitrogens is 1. The maximum atomic E-state index is 5.73. The summed E-state index contributed by atoms with van der Waals surface area (Å²) in [4.78, 5) is 5.25. The molecule has 0 saturated carbocycles. The van der Waals surface area contributed by atoms with Crippen LogP contribution in [0.2, 0.25) is 0 Å². The highest BCUT2D eigenvalue weighted by molar-refractivity contribution is 7.09. The minimum absolute atomic E-state index is 0.785. The molecule has 0 saturated heterocycles. The van der Waals surface area contributed by atoms with Crippen LogP contribution in [-0.4, -0.2) is 4.98 Å². The number of thiazole rings is 1. The fraction of sp³-hybridized carbons (Fsp3) is 0.182. The van der Waals surface area contributed by atoms with Gasteiger partial charge in [-0.1, -0.05) is 6.07 Å². The van der Waals surface area contributed by atoms with Gasteiger partial charge in [-0.25, -0.2) is 0 Å². The third-order valence-corrected chi connectivity index (χ3v) is 2.98. The summed E-state index contributed by atoms with van der Waals surface area (Å²) in [5, 5.41) is 3.35. The number of rotatable bonds is 3. The number of nitrogens with zero attached hydrogens (tertiary/aromatic N) is 1. The molecule has 3 N–H and O–H groups in total. The molecule has 0 bridgehead atoms. The molecule has 2 rings (SSSR count). The van der Waals surface area contributed by atoms with E-state index in [1.807, 2.05) is 29.9 Å². The summed E-state index contributed by atoms with van der Waals surface area (Å²) in [5.74, 6) is 0. The van der Waals surface area contributed by atoms with Crippen molar-refractivity contribution in [3.63, 3.8) is 0 Å². The van der Waals surface area contributed by atoms with Gasteiger partial charge in [-0.3, -0.25) is 4.98 Å². The molecule has 78 valence electrons. The van der Waals surface area contributed by atoms with E-state index in [2.05, 4.69) is 17.2 Å². The van der Waals surface area contributed by atoms with Crippen molar-refractivity contribution in [2.75, 3.05) is 11.1 Å². The van der Waals surface area contributed by atoms with E-state index in [1.54, 1.807) is 11.3 Å². The summed E-state index contributed by atoms with van der Waals surface area (Å²) in [6.45, 7) is 2.86. The quantitative estimate of drug-likeness (QED) is 0.780. The molecule has 0 unspecified atom stereocenters. The van der Waals surface area contributed by atoms with Gasteiger partial charge in [-0.05, 0) is 24.6 Å². The van der Waals surface area contributed by atoms with Crippen LogP contribution >= 0.6 is 11.3 Å². The smallest absolute Gasteiger partial charge is 0.0794 e. The highest BCUT2D eigenvalue weighted by Gasteiger charge is 1.99. The maximum absolute atomic E-state index is 5.73. The van der Waals surface area contributed by atoms with Crippen molar-refractivity contribution in [3.8, 4) is 0 Å². The lowest BCUT2D eigenvalue weighted by atomic mass is 10.2. The number of anilines is 2. The van der Waals surface area contributed by atoms with Crippen molar-refractivity contribution >= 4 is 22.7 Å². The number of aryl methyl sites for hydroxylation is 1. The van der Waals surface area contributed by atoms with E-state index >= 15 is 0 Å². The largest absolute Gasteiger partial charge is 0.399 e. The van der Waals surface area contributed by atoms with E-state index in [1.165, 1.54) is 10.4 Å². The van der Waals surface area contributed by atoms with Gasteiger partial charge in [0, 0.05) is 22.4 Å². The molecule has 1 aromatic heterocycles. The molecule has 3 nitrogen and oxygen atoms in total. The van der Waals surface area contributed by atoms with Gasteiger partial charge in [0.1, 0.15) is 0 Å². The summed E-state index contributed by atoms with van der Waals surface area (Å²) in [7, 11) is 0. The van der Waals surface area contributed by atoms with Crippen molar-refractivity contribution < 1.29 is 0 Å². The van der Waals surface area contributed by atoms with Crippen molar-refractivity contribution in [3.05, 3.63) is 40.3 Å². The summed E-state index contributed by atoms with van der Waals surface area (Å²) >= 11 is 1.65. The minimum atomic E-state index is 0.785. The zero-order chi connectivity index (χ0) is 10.7. The minimum Gasteiger partial charge on any atom is -0.399 e. The Bertz CT molecular complexity index is 437. The Morgan fingerprint density at radius 1 is 1.47 bits per heavy atom. The van der Waals surface area contributed by atoms with Crippen LogP contribution in [0.15, 0.2) is 29.9 Å². The number of nitrogen functional groups attached to an aromatic ring is 1. The van der Waals surface area contributed by atoms with Crippen LogP contribution in [0.5, 0.6) is 0 Å². The lowest BCUT2D eigenvalue weighted by Gasteiger charge is -2.08. The first-order valence-electron chi connectivity index (χ1n) is 4.73. The zero-order valence-corrected chi connectivity index (χ0v) is 9.34. The molecule has 1 heterocycles. The average Bonchev–Trinajstić information content (AvgIpc) is 2.72. The Hall–Kier alpha value is -1.55. The van der Waals surface area contributed by atoms with Crippen LogP contribution < -0.4 is 11.1 Å². The van der Waals surface area contributed by atoms with Crippen LogP contribution in [0.25, 0.3) is 0 Å². The van der Waals surface area contributed by atoms with E-state index in [-0.39, 0.29) is 0 Å². The molecule has 0 aliphatic heterocycles. The topological polar surface area (TPSA) is 50.9 Å². The third-order valence-electron chi connectivity index (χ3n) is 2.20. The molecule has 4 heteroatoms. The molecule has 1 aromatic carbocycles. The second-order valence-electron chi connectivity index (χ2n) is 3.40. The highest BCUT2D eigenvalue weighted by Crippen LogP contribution is 2.19. The first kappa shape index (κ1) is 9.98. The Balaban J connectivity index is 2.07. The fourth-order valence-electron chi connectivity index (χ4n) is 1.34.